The molecule has 2 amide bonds. The van der Waals surface area contributed by atoms with Crippen LogP contribution in [0.3, 0.4) is 0 Å². The Morgan fingerprint density at radius 2 is 2.05 bits per heavy atom. The summed E-state index contributed by atoms with van der Waals surface area (Å²) in [6, 6.07) is 4.20. The number of anilines is 1. The molecule has 0 atom stereocenters. The summed E-state index contributed by atoms with van der Waals surface area (Å²) in [5, 5.41) is 11.7. The normalized spacial score (nSPS) is 10.4. The Hall–Kier alpha value is -1.75. The average molecular weight is 299 g/mol. The lowest BCUT2D eigenvalue weighted by atomic mass is 10.2. The summed E-state index contributed by atoms with van der Waals surface area (Å²) in [6.07, 6.45) is 0.865. The summed E-state index contributed by atoms with van der Waals surface area (Å²) in [4.78, 5) is 24.7. The highest BCUT2D eigenvalue weighted by molar-refractivity contribution is 6.33. The fraction of sp³-hybridized carbons (Fsp3) is 0.429. The van der Waals surface area contributed by atoms with Crippen LogP contribution in [0.25, 0.3) is 0 Å². The Balaban J connectivity index is 2.85. The summed E-state index contributed by atoms with van der Waals surface area (Å²) in [6.45, 7) is 6.54. The molecule has 1 aromatic carbocycles. The molecular weight excluding hydrogens is 280 g/mol. The maximum atomic E-state index is 12.1. The maximum Gasteiger partial charge on any atom is 0.337 e. The van der Waals surface area contributed by atoms with Gasteiger partial charge in [0.05, 0.1) is 10.6 Å². The molecule has 2 N–H and O–H groups in total. The summed E-state index contributed by atoms with van der Waals surface area (Å²) in [5.41, 5.74) is 0.491. The molecule has 0 saturated heterocycles. The van der Waals surface area contributed by atoms with E-state index in [2.05, 4.69) is 5.32 Å². The van der Waals surface area contributed by atoms with Gasteiger partial charge in [0.2, 0.25) is 0 Å². The molecule has 0 bridgehead atoms. The van der Waals surface area contributed by atoms with Crippen molar-refractivity contribution < 1.29 is 14.7 Å². The van der Waals surface area contributed by atoms with Gasteiger partial charge >= 0.3 is 12.0 Å². The van der Waals surface area contributed by atoms with Crippen LogP contribution in [0.1, 0.15) is 37.6 Å². The average Bonchev–Trinajstić information content (AvgIpc) is 2.34. The zero-order valence-corrected chi connectivity index (χ0v) is 12.6. The van der Waals surface area contributed by atoms with Crippen LogP contribution >= 0.6 is 11.6 Å². The molecule has 1 rings (SSSR count). The molecule has 0 fully saturated rings. The third kappa shape index (κ3) is 4.13. The van der Waals surface area contributed by atoms with Gasteiger partial charge in [0.15, 0.2) is 0 Å². The number of rotatable bonds is 5. The first-order valence-corrected chi connectivity index (χ1v) is 6.85. The van der Waals surface area contributed by atoms with E-state index in [1.165, 1.54) is 18.2 Å². The molecule has 0 aliphatic rings. The van der Waals surface area contributed by atoms with Gasteiger partial charge in [0, 0.05) is 18.3 Å². The molecule has 0 saturated carbocycles. The van der Waals surface area contributed by atoms with Gasteiger partial charge < -0.3 is 15.3 Å². The van der Waals surface area contributed by atoms with Crippen molar-refractivity contribution in [2.75, 3.05) is 11.9 Å². The zero-order chi connectivity index (χ0) is 15.3. The van der Waals surface area contributed by atoms with Crippen molar-refractivity contribution in [1.29, 1.82) is 0 Å². The predicted octanol–water partition coefficient (Wildman–Crippen LogP) is 3.69. The monoisotopic (exact) mass is 298 g/mol. The SMILES string of the molecule is CCCN(C(=O)Nc1ccc(C(=O)O)c(Cl)c1)C(C)C. The summed E-state index contributed by atoms with van der Waals surface area (Å²) in [7, 11) is 0. The summed E-state index contributed by atoms with van der Waals surface area (Å²) < 4.78 is 0. The summed E-state index contributed by atoms with van der Waals surface area (Å²) >= 11 is 5.87. The molecule has 20 heavy (non-hydrogen) atoms. The first-order valence-electron chi connectivity index (χ1n) is 6.47. The van der Waals surface area contributed by atoms with Crippen LogP contribution in [0.15, 0.2) is 18.2 Å². The van der Waals surface area contributed by atoms with Gasteiger partial charge in [-0.3, -0.25) is 0 Å². The molecular formula is C14H19ClN2O3. The standard InChI is InChI=1S/C14H19ClN2O3/c1-4-7-17(9(2)3)14(20)16-10-5-6-11(13(18)19)12(15)8-10/h5-6,8-9H,4,7H2,1-3H3,(H,16,20)(H,18,19). The molecule has 0 aliphatic carbocycles. The molecule has 110 valence electrons. The van der Waals surface area contributed by atoms with Gasteiger partial charge in [-0.15, -0.1) is 0 Å². The lowest BCUT2D eigenvalue weighted by molar-refractivity contribution is 0.0697. The second kappa shape index (κ2) is 7.14. The molecule has 0 unspecified atom stereocenters. The minimum absolute atomic E-state index is 0.0129. The van der Waals surface area contributed by atoms with Crippen molar-refractivity contribution in [3.63, 3.8) is 0 Å². The lowest BCUT2D eigenvalue weighted by Crippen LogP contribution is -2.40. The fourth-order valence-corrected chi connectivity index (χ4v) is 2.06. The lowest BCUT2D eigenvalue weighted by Gasteiger charge is -2.26. The van der Waals surface area contributed by atoms with Crippen molar-refractivity contribution in [1.82, 2.24) is 4.90 Å². The topological polar surface area (TPSA) is 69.6 Å². The van der Waals surface area contributed by atoms with Crippen molar-refractivity contribution >= 4 is 29.3 Å². The van der Waals surface area contributed by atoms with Crippen LogP contribution < -0.4 is 5.32 Å². The van der Waals surface area contributed by atoms with Crippen LogP contribution in [0.2, 0.25) is 5.02 Å². The zero-order valence-electron chi connectivity index (χ0n) is 11.8. The van der Waals surface area contributed by atoms with E-state index in [1.54, 1.807) is 4.90 Å². The van der Waals surface area contributed by atoms with Gasteiger partial charge in [0.1, 0.15) is 0 Å². The number of aromatic carboxylic acids is 1. The molecule has 5 nitrogen and oxygen atoms in total. The van der Waals surface area contributed by atoms with Crippen LogP contribution in [-0.2, 0) is 0 Å². The number of halogens is 1. The number of carbonyl (C=O) groups is 2. The third-order valence-corrected chi connectivity index (χ3v) is 3.11. The number of benzene rings is 1. The fourth-order valence-electron chi connectivity index (χ4n) is 1.80. The Morgan fingerprint density at radius 1 is 1.40 bits per heavy atom. The number of carbonyl (C=O) groups excluding carboxylic acids is 1. The van der Waals surface area contributed by atoms with E-state index in [1.807, 2.05) is 20.8 Å². The minimum Gasteiger partial charge on any atom is -0.478 e. The van der Waals surface area contributed by atoms with E-state index in [0.717, 1.165) is 6.42 Å². The van der Waals surface area contributed by atoms with Crippen LogP contribution in [0.4, 0.5) is 10.5 Å². The number of nitrogens with one attached hydrogen (secondary N) is 1. The van der Waals surface area contributed by atoms with Crippen molar-refractivity contribution in [2.24, 2.45) is 0 Å². The van der Waals surface area contributed by atoms with E-state index in [9.17, 15) is 9.59 Å². The van der Waals surface area contributed by atoms with E-state index < -0.39 is 5.97 Å². The molecule has 6 heteroatoms. The highest BCUT2D eigenvalue weighted by atomic mass is 35.5. The van der Waals surface area contributed by atoms with Crippen LogP contribution in [0, 0.1) is 0 Å². The smallest absolute Gasteiger partial charge is 0.337 e. The Bertz CT molecular complexity index is 503. The molecule has 0 radical (unpaired) electrons. The number of hydrogen-bond donors (Lipinski definition) is 2. The quantitative estimate of drug-likeness (QED) is 0.871. The van der Waals surface area contributed by atoms with E-state index >= 15 is 0 Å². The Kier molecular flexibility index (Phi) is 5.82. The van der Waals surface area contributed by atoms with Gasteiger partial charge in [-0.25, -0.2) is 9.59 Å². The van der Waals surface area contributed by atoms with E-state index in [0.29, 0.717) is 12.2 Å². The van der Waals surface area contributed by atoms with Gasteiger partial charge in [-0.2, -0.15) is 0 Å². The number of amides is 2. The maximum absolute atomic E-state index is 12.1. The number of hydrogen-bond acceptors (Lipinski definition) is 2. The van der Waals surface area contributed by atoms with Crippen molar-refractivity contribution in [3.05, 3.63) is 28.8 Å². The van der Waals surface area contributed by atoms with Gasteiger partial charge in [-0.05, 0) is 38.5 Å². The van der Waals surface area contributed by atoms with Crippen LogP contribution in [0.5, 0.6) is 0 Å². The number of urea groups is 1. The largest absolute Gasteiger partial charge is 0.478 e. The Labute approximate surface area is 123 Å². The number of carboxylic acids is 1. The van der Waals surface area contributed by atoms with E-state index in [4.69, 9.17) is 16.7 Å². The minimum atomic E-state index is -1.09. The highest BCUT2D eigenvalue weighted by Gasteiger charge is 2.17. The third-order valence-electron chi connectivity index (χ3n) is 2.80. The molecule has 0 heterocycles. The van der Waals surface area contributed by atoms with Gasteiger partial charge in [-0.1, -0.05) is 18.5 Å². The molecule has 0 aromatic heterocycles. The van der Waals surface area contributed by atoms with Crippen molar-refractivity contribution in [2.45, 2.75) is 33.2 Å². The second-order valence-electron chi connectivity index (χ2n) is 4.72. The molecule has 1 aromatic rings. The van der Waals surface area contributed by atoms with Crippen LogP contribution in [-0.4, -0.2) is 34.6 Å². The first kappa shape index (κ1) is 16.3. The van der Waals surface area contributed by atoms with Crippen molar-refractivity contribution in [3.8, 4) is 0 Å². The van der Waals surface area contributed by atoms with Gasteiger partial charge in [0.25, 0.3) is 0 Å². The molecule has 0 aliphatic heterocycles. The molecule has 0 spiro atoms. The second-order valence-corrected chi connectivity index (χ2v) is 5.12. The first-order chi connectivity index (χ1) is 9.36. The predicted molar refractivity (Wildman–Crippen MR) is 79.6 cm³/mol. The Morgan fingerprint density at radius 3 is 2.50 bits per heavy atom. The number of nitrogens with zero attached hydrogens (tertiary/aromatic N) is 1. The number of carboxylic acid groups (broad SMARTS) is 1. The van der Waals surface area contributed by atoms with E-state index in [-0.39, 0.29) is 22.7 Å². The highest BCUT2D eigenvalue weighted by Crippen LogP contribution is 2.21. The summed E-state index contributed by atoms with van der Waals surface area (Å²) in [5.74, 6) is -1.09.